The van der Waals surface area contributed by atoms with Gasteiger partial charge in [-0.25, -0.2) is 13.4 Å². The highest BCUT2D eigenvalue weighted by Crippen LogP contribution is 2.28. The number of amides is 1. The molecule has 0 spiro atoms. The number of carbonyl (C=O) groups excluding carboxylic acids is 1. The molecule has 1 aliphatic rings. The number of hydrogen-bond acceptors (Lipinski definition) is 4. The number of rotatable bonds is 7. The molecular formula is C17H23ClF3N3O3S. The lowest BCUT2D eigenvalue weighted by Gasteiger charge is -2.34. The standard InChI is InChI=1S/C17H23ClF3N3O3S/c1-2-3-9-23(12-17(19,20)21)16(25)13-6-10-24(11-7-13)28(26,27)14-5-4-8-22-15(14)18/h4-5,8,13H,2-3,6-7,9-12H2,1H3. The second-order valence-corrected chi connectivity index (χ2v) is 8.96. The molecule has 1 saturated heterocycles. The Bertz CT molecular complexity index is 781. The molecule has 0 radical (unpaired) electrons. The summed E-state index contributed by atoms with van der Waals surface area (Å²) in [7, 11) is -3.87. The molecule has 0 bridgehead atoms. The number of alkyl halides is 3. The molecule has 0 aliphatic carbocycles. The molecule has 2 rings (SSSR count). The number of halogens is 4. The largest absolute Gasteiger partial charge is 0.406 e. The van der Waals surface area contributed by atoms with Gasteiger partial charge in [-0.05, 0) is 31.4 Å². The lowest BCUT2D eigenvalue weighted by molar-refractivity contribution is -0.164. The summed E-state index contributed by atoms with van der Waals surface area (Å²) in [5.41, 5.74) is 0. The highest BCUT2D eigenvalue weighted by Gasteiger charge is 2.38. The number of carbonyl (C=O) groups is 1. The molecule has 158 valence electrons. The first-order valence-electron chi connectivity index (χ1n) is 9.02. The first-order chi connectivity index (χ1) is 13.1. The number of unbranched alkanes of at least 4 members (excludes halogenated alkanes) is 1. The Balaban J connectivity index is 2.05. The van der Waals surface area contributed by atoms with Crippen LogP contribution in [0, 0.1) is 5.92 Å². The Kier molecular flexibility index (Phi) is 7.69. The molecule has 11 heteroatoms. The van der Waals surface area contributed by atoms with Crippen LogP contribution in [0.25, 0.3) is 0 Å². The van der Waals surface area contributed by atoms with E-state index in [1.54, 1.807) is 0 Å². The average molecular weight is 442 g/mol. The van der Waals surface area contributed by atoms with Gasteiger partial charge in [0.05, 0.1) is 0 Å². The van der Waals surface area contributed by atoms with Crippen LogP contribution in [0.1, 0.15) is 32.6 Å². The molecule has 28 heavy (non-hydrogen) atoms. The molecule has 6 nitrogen and oxygen atoms in total. The smallest absolute Gasteiger partial charge is 0.333 e. The molecule has 0 unspecified atom stereocenters. The van der Waals surface area contributed by atoms with E-state index in [0.717, 1.165) is 4.90 Å². The van der Waals surface area contributed by atoms with Crippen molar-refractivity contribution in [2.75, 3.05) is 26.2 Å². The fourth-order valence-corrected chi connectivity index (χ4v) is 5.03. The number of hydrogen-bond donors (Lipinski definition) is 0. The highest BCUT2D eigenvalue weighted by atomic mass is 35.5. The van der Waals surface area contributed by atoms with Crippen LogP contribution in [-0.2, 0) is 14.8 Å². The van der Waals surface area contributed by atoms with Gasteiger partial charge in [-0.3, -0.25) is 4.79 Å². The number of pyridine rings is 1. The van der Waals surface area contributed by atoms with Crippen molar-refractivity contribution >= 4 is 27.5 Å². The molecule has 1 aliphatic heterocycles. The normalized spacial score (nSPS) is 16.9. The Morgan fingerprint density at radius 3 is 2.54 bits per heavy atom. The Hall–Kier alpha value is -1.39. The molecule has 0 N–H and O–H groups in total. The minimum atomic E-state index is -4.47. The van der Waals surface area contributed by atoms with Crippen LogP contribution in [0.15, 0.2) is 23.2 Å². The van der Waals surface area contributed by atoms with Crippen molar-refractivity contribution in [2.45, 2.75) is 43.7 Å². The monoisotopic (exact) mass is 441 g/mol. The van der Waals surface area contributed by atoms with Gasteiger partial charge >= 0.3 is 6.18 Å². The second-order valence-electron chi connectivity index (χ2n) is 6.70. The molecule has 1 aromatic rings. The predicted octanol–water partition coefficient (Wildman–Crippen LogP) is 3.33. The molecule has 0 atom stereocenters. The van der Waals surface area contributed by atoms with Crippen molar-refractivity contribution in [2.24, 2.45) is 5.92 Å². The molecule has 1 fully saturated rings. The van der Waals surface area contributed by atoms with E-state index < -0.39 is 34.6 Å². The number of piperidine rings is 1. The van der Waals surface area contributed by atoms with Gasteiger partial charge < -0.3 is 4.90 Å². The fourth-order valence-electron chi connectivity index (χ4n) is 3.14. The maximum absolute atomic E-state index is 12.8. The maximum atomic E-state index is 12.8. The third-order valence-electron chi connectivity index (χ3n) is 4.61. The van der Waals surface area contributed by atoms with Gasteiger partial charge in [0.1, 0.15) is 16.6 Å². The maximum Gasteiger partial charge on any atom is 0.406 e. The number of sulfonamides is 1. The molecular weight excluding hydrogens is 419 g/mol. The van der Waals surface area contributed by atoms with E-state index in [-0.39, 0.29) is 42.5 Å². The minimum absolute atomic E-state index is 0.0393. The minimum Gasteiger partial charge on any atom is -0.333 e. The summed E-state index contributed by atoms with van der Waals surface area (Å²) in [6, 6.07) is 2.80. The zero-order chi connectivity index (χ0) is 20.9. The highest BCUT2D eigenvalue weighted by molar-refractivity contribution is 7.89. The molecule has 1 aromatic heterocycles. The quantitative estimate of drug-likeness (QED) is 0.608. The van der Waals surface area contributed by atoms with Crippen molar-refractivity contribution < 1.29 is 26.4 Å². The first-order valence-corrected chi connectivity index (χ1v) is 10.8. The van der Waals surface area contributed by atoms with Gasteiger partial charge in [0.25, 0.3) is 0 Å². The SMILES string of the molecule is CCCCN(CC(F)(F)F)C(=O)C1CCN(S(=O)(=O)c2cccnc2Cl)CC1. The van der Waals surface area contributed by atoms with E-state index in [1.807, 2.05) is 6.92 Å². The molecule has 0 saturated carbocycles. The average Bonchev–Trinajstić information content (AvgIpc) is 2.64. The first kappa shape index (κ1) is 22.9. The molecule has 1 amide bonds. The summed E-state index contributed by atoms with van der Waals surface area (Å²) in [5, 5.41) is -0.142. The predicted molar refractivity (Wildman–Crippen MR) is 98.3 cm³/mol. The van der Waals surface area contributed by atoms with E-state index in [1.165, 1.54) is 22.6 Å². The van der Waals surface area contributed by atoms with Gasteiger partial charge in [0.15, 0.2) is 0 Å². The summed E-state index contributed by atoms with van der Waals surface area (Å²) in [6.07, 6.45) is -1.62. The Morgan fingerprint density at radius 1 is 1.36 bits per heavy atom. The van der Waals surface area contributed by atoms with Crippen LogP contribution < -0.4 is 0 Å². The molecule has 2 heterocycles. The van der Waals surface area contributed by atoms with Gasteiger partial charge in [-0.2, -0.15) is 17.5 Å². The van der Waals surface area contributed by atoms with E-state index >= 15 is 0 Å². The van der Waals surface area contributed by atoms with E-state index in [2.05, 4.69) is 4.98 Å². The summed E-state index contributed by atoms with van der Waals surface area (Å²) in [4.78, 5) is 17.1. The van der Waals surface area contributed by atoms with Crippen molar-refractivity contribution in [3.63, 3.8) is 0 Å². The van der Waals surface area contributed by atoms with Gasteiger partial charge in [0, 0.05) is 31.7 Å². The second kappa shape index (κ2) is 9.41. The van der Waals surface area contributed by atoms with Crippen molar-refractivity contribution in [3.8, 4) is 0 Å². The van der Waals surface area contributed by atoms with Crippen LogP contribution in [0.4, 0.5) is 13.2 Å². The zero-order valence-corrected chi connectivity index (χ0v) is 17.0. The number of nitrogens with zero attached hydrogens (tertiary/aromatic N) is 3. The van der Waals surface area contributed by atoms with Gasteiger partial charge in [0.2, 0.25) is 15.9 Å². The van der Waals surface area contributed by atoms with Gasteiger partial charge in [-0.1, -0.05) is 24.9 Å². The Labute approximate surface area is 167 Å². The van der Waals surface area contributed by atoms with Crippen LogP contribution in [0.2, 0.25) is 5.15 Å². The van der Waals surface area contributed by atoms with Crippen molar-refractivity contribution in [1.29, 1.82) is 0 Å². The Morgan fingerprint density at radius 2 is 2.00 bits per heavy atom. The third-order valence-corrected chi connectivity index (χ3v) is 6.95. The topological polar surface area (TPSA) is 70.6 Å². The van der Waals surface area contributed by atoms with E-state index in [4.69, 9.17) is 11.6 Å². The van der Waals surface area contributed by atoms with Crippen molar-refractivity contribution in [3.05, 3.63) is 23.5 Å². The number of aromatic nitrogens is 1. The summed E-state index contributed by atoms with van der Waals surface area (Å²) in [5.74, 6) is -1.20. The van der Waals surface area contributed by atoms with Crippen LogP contribution in [0.3, 0.4) is 0 Å². The summed E-state index contributed by atoms with van der Waals surface area (Å²) >= 11 is 5.87. The van der Waals surface area contributed by atoms with Crippen LogP contribution >= 0.6 is 11.6 Å². The van der Waals surface area contributed by atoms with Crippen LogP contribution in [0.5, 0.6) is 0 Å². The van der Waals surface area contributed by atoms with E-state index in [0.29, 0.717) is 12.8 Å². The third kappa shape index (κ3) is 5.81. The lowest BCUT2D eigenvalue weighted by atomic mass is 9.96. The zero-order valence-electron chi connectivity index (χ0n) is 15.5. The summed E-state index contributed by atoms with van der Waals surface area (Å²) in [6.45, 7) is 0.673. The lowest BCUT2D eigenvalue weighted by Crippen LogP contribution is -2.47. The summed E-state index contributed by atoms with van der Waals surface area (Å²) < 4.78 is 65.0. The fraction of sp³-hybridized carbons (Fsp3) is 0.647. The van der Waals surface area contributed by atoms with Crippen LogP contribution in [-0.4, -0.2) is 60.9 Å². The van der Waals surface area contributed by atoms with E-state index in [9.17, 15) is 26.4 Å². The molecule has 0 aromatic carbocycles. The van der Waals surface area contributed by atoms with Gasteiger partial charge in [-0.15, -0.1) is 0 Å². The van der Waals surface area contributed by atoms with Crippen molar-refractivity contribution in [1.82, 2.24) is 14.2 Å².